The van der Waals surface area contributed by atoms with Gasteiger partial charge < -0.3 is 15.1 Å². The lowest BCUT2D eigenvalue weighted by molar-refractivity contribution is -0.137. The topological polar surface area (TPSA) is 55.2 Å². The van der Waals surface area contributed by atoms with E-state index in [1.54, 1.807) is 6.20 Å². The van der Waals surface area contributed by atoms with E-state index in [-0.39, 0.29) is 5.56 Å². The molecular weight excluding hydrogens is 367 g/mol. The minimum atomic E-state index is -4.47. The molecule has 3 rings (SSSR count). The standard InChI is InChI=1S/C20H22F3N5/c1-2-27-7-9-28(10-8-27)19-6-3-15(14-26-19)13-25-18-5-4-17(20(21,22)23)11-16(18)12-24/h3-6,11,14,25H,2,7-10,13H2,1H3. The highest BCUT2D eigenvalue weighted by atomic mass is 19.4. The van der Waals surface area contributed by atoms with Crippen LogP contribution in [0.5, 0.6) is 0 Å². The highest BCUT2D eigenvalue weighted by Crippen LogP contribution is 2.31. The van der Waals surface area contributed by atoms with Crippen molar-refractivity contribution in [3.05, 3.63) is 53.2 Å². The number of anilines is 2. The summed E-state index contributed by atoms with van der Waals surface area (Å²) in [6.07, 6.45) is -2.71. The second-order valence-electron chi connectivity index (χ2n) is 6.67. The molecule has 0 radical (unpaired) electrons. The van der Waals surface area contributed by atoms with Crippen molar-refractivity contribution in [2.75, 3.05) is 42.9 Å². The van der Waals surface area contributed by atoms with E-state index in [9.17, 15) is 13.2 Å². The molecule has 0 spiro atoms. The number of alkyl halides is 3. The fourth-order valence-corrected chi connectivity index (χ4v) is 3.17. The number of likely N-dealkylation sites (N-methyl/N-ethyl adjacent to an activating group) is 1. The number of nitrogens with one attached hydrogen (secondary N) is 1. The minimum Gasteiger partial charge on any atom is -0.380 e. The smallest absolute Gasteiger partial charge is 0.380 e. The van der Waals surface area contributed by atoms with E-state index in [1.807, 2.05) is 18.2 Å². The Hall–Kier alpha value is -2.79. The average molecular weight is 389 g/mol. The normalized spacial score (nSPS) is 15.3. The van der Waals surface area contributed by atoms with Crippen LogP contribution >= 0.6 is 0 Å². The third kappa shape index (κ3) is 4.73. The summed E-state index contributed by atoms with van der Waals surface area (Å²) in [6, 6.07) is 8.83. The monoisotopic (exact) mass is 389 g/mol. The van der Waals surface area contributed by atoms with Crippen LogP contribution in [0.1, 0.15) is 23.6 Å². The van der Waals surface area contributed by atoms with Gasteiger partial charge in [0.25, 0.3) is 0 Å². The van der Waals surface area contributed by atoms with Crippen LogP contribution in [-0.4, -0.2) is 42.6 Å². The molecule has 0 unspecified atom stereocenters. The van der Waals surface area contributed by atoms with Gasteiger partial charge in [0.2, 0.25) is 0 Å². The highest BCUT2D eigenvalue weighted by Gasteiger charge is 2.31. The summed E-state index contributed by atoms with van der Waals surface area (Å²) >= 11 is 0. The first-order valence-corrected chi connectivity index (χ1v) is 9.18. The van der Waals surface area contributed by atoms with Crippen LogP contribution < -0.4 is 10.2 Å². The summed E-state index contributed by atoms with van der Waals surface area (Å²) in [4.78, 5) is 9.15. The zero-order valence-electron chi connectivity index (χ0n) is 15.6. The summed E-state index contributed by atoms with van der Waals surface area (Å²) in [5.74, 6) is 0.923. The molecule has 1 aromatic heterocycles. The summed E-state index contributed by atoms with van der Waals surface area (Å²) in [5, 5.41) is 12.2. The Bertz CT molecular complexity index is 834. The number of halogens is 3. The predicted molar refractivity (Wildman–Crippen MR) is 102 cm³/mol. The van der Waals surface area contributed by atoms with Crippen molar-refractivity contribution in [1.82, 2.24) is 9.88 Å². The molecule has 0 bridgehead atoms. The van der Waals surface area contributed by atoms with Gasteiger partial charge in [-0.25, -0.2) is 4.98 Å². The molecule has 0 amide bonds. The van der Waals surface area contributed by atoms with E-state index in [0.29, 0.717) is 12.2 Å². The van der Waals surface area contributed by atoms with Gasteiger partial charge in [-0.3, -0.25) is 0 Å². The maximum atomic E-state index is 12.8. The van der Waals surface area contributed by atoms with Crippen molar-refractivity contribution in [2.45, 2.75) is 19.6 Å². The van der Waals surface area contributed by atoms with E-state index in [1.165, 1.54) is 6.07 Å². The van der Waals surface area contributed by atoms with Crippen molar-refractivity contribution in [1.29, 1.82) is 5.26 Å². The molecule has 1 aliphatic rings. The van der Waals surface area contributed by atoms with Crippen molar-refractivity contribution in [2.24, 2.45) is 0 Å². The average Bonchev–Trinajstić information content (AvgIpc) is 2.72. The first-order valence-electron chi connectivity index (χ1n) is 9.18. The molecule has 1 aromatic carbocycles. The lowest BCUT2D eigenvalue weighted by atomic mass is 10.1. The molecule has 1 aliphatic heterocycles. The summed E-state index contributed by atoms with van der Waals surface area (Å²) in [6.45, 7) is 7.51. The molecule has 5 nitrogen and oxygen atoms in total. The number of benzene rings is 1. The summed E-state index contributed by atoms with van der Waals surface area (Å²) < 4.78 is 38.3. The first kappa shape index (κ1) is 20.0. The zero-order valence-corrected chi connectivity index (χ0v) is 15.6. The van der Waals surface area contributed by atoms with Gasteiger partial charge in [0.05, 0.1) is 16.8 Å². The van der Waals surface area contributed by atoms with Crippen LogP contribution in [-0.2, 0) is 12.7 Å². The number of piperazine rings is 1. The first-order chi connectivity index (χ1) is 13.4. The van der Waals surface area contributed by atoms with E-state index in [0.717, 1.165) is 56.2 Å². The maximum absolute atomic E-state index is 12.8. The van der Waals surface area contributed by atoms with Crippen LogP contribution in [0.2, 0.25) is 0 Å². The lowest BCUT2D eigenvalue weighted by Gasteiger charge is -2.34. The number of aromatic nitrogens is 1. The number of rotatable bonds is 5. The molecule has 0 atom stereocenters. The van der Waals surface area contributed by atoms with Gasteiger partial charge in [-0.15, -0.1) is 0 Å². The van der Waals surface area contributed by atoms with Crippen molar-refractivity contribution in [3.63, 3.8) is 0 Å². The molecule has 8 heteroatoms. The predicted octanol–water partition coefficient (Wildman–Crippen LogP) is 3.73. The van der Waals surface area contributed by atoms with Gasteiger partial charge in [0, 0.05) is 38.9 Å². The largest absolute Gasteiger partial charge is 0.416 e. The SMILES string of the molecule is CCN1CCN(c2ccc(CNc3ccc(C(F)(F)F)cc3C#N)cn2)CC1. The Balaban J connectivity index is 1.62. The molecule has 28 heavy (non-hydrogen) atoms. The second-order valence-corrected chi connectivity index (χ2v) is 6.67. The van der Waals surface area contributed by atoms with E-state index in [4.69, 9.17) is 5.26 Å². The van der Waals surface area contributed by atoms with Crippen LogP contribution in [0.25, 0.3) is 0 Å². The number of pyridine rings is 1. The lowest BCUT2D eigenvalue weighted by Crippen LogP contribution is -2.46. The molecule has 0 saturated carbocycles. The van der Waals surface area contributed by atoms with Gasteiger partial charge >= 0.3 is 6.18 Å². The zero-order chi connectivity index (χ0) is 20.1. The Morgan fingerprint density at radius 1 is 1.14 bits per heavy atom. The minimum absolute atomic E-state index is 0.0341. The molecule has 148 valence electrons. The number of hydrogen-bond acceptors (Lipinski definition) is 5. The van der Waals surface area contributed by atoms with Crippen LogP contribution in [0.3, 0.4) is 0 Å². The van der Waals surface area contributed by atoms with Crippen molar-refractivity contribution in [3.8, 4) is 6.07 Å². The van der Waals surface area contributed by atoms with Gasteiger partial charge in [-0.1, -0.05) is 13.0 Å². The Morgan fingerprint density at radius 3 is 2.46 bits per heavy atom. The fourth-order valence-electron chi connectivity index (χ4n) is 3.17. The maximum Gasteiger partial charge on any atom is 0.416 e. The quantitative estimate of drug-likeness (QED) is 0.845. The van der Waals surface area contributed by atoms with Gasteiger partial charge in [-0.05, 0) is 36.4 Å². The number of hydrogen-bond donors (Lipinski definition) is 1. The van der Waals surface area contributed by atoms with Gasteiger partial charge in [-0.2, -0.15) is 18.4 Å². The van der Waals surface area contributed by atoms with Crippen molar-refractivity contribution >= 4 is 11.5 Å². The summed E-state index contributed by atoms with van der Waals surface area (Å²) in [5.41, 5.74) is 0.395. The second kappa shape index (κ2) is 8.48. The van der Waals surface area contributed by atoms with E-state index in [2.05, 4.69) is 27.0 Å². The molecular formula is C20H22F3N5. The molecule has 2 aromatic rings. The van der Waals surface area contributed by atoms with Crippen LogP contribution in [0, 0.1) is 11.3 Å². The van der Waals surface area contributed by atoms with Crippen LogP contribution in [0.4, 0.5) is 24.7 Å². The Morgan fingerprint density at radius 2 is 1.89 bits per heavy atom. The molecule has 1 N–H and O–H groups in total. The third-order valence-corrected chi connectivity index (χ3v) is 4.90. The Kier molecular flexibility index (Phi) is 6.05. The summed E-state index contributed by atoms with van der Waals surface area (Å²) in [7, 11) is 0. The fraction of sp³-hybridized carbons (Fsp3) is 0.400. The molecule has 1 fully saturated rings. The molecule has 2 heterocycles. The number of nitrogens with zero attached hydrogens (tertiary/aromatic N) is 4. The van der Waals surface area contributed by atoms with Crippen molar-refractivity contribution < 1.29 is 13.2 Å². The van der Waals surface area contributed by atoms with Gasteiger partial charge in [0.1, 0.15) is 11.9 Å². The number of nitriles is 1. The van der Waals surface area contributed by atoms with E-state index >= 15 is 0 Å². The molecule has 1 saturated heterocycles. The van der Waals surface area contributed by atoms with E-state index < -0.39 is 11.7 Å². The molecule has 0 aliphatic carbocycles. The van der Waals surface area contributed by atoms with Crippen LogP contribution in [0.15, 0.2) is 36.5 Å². The highest BCUT2D eigenvalue weighted by molar-refractivity contribution is 5.59. The Labute approximate surface area is 162 Å². The van der Waals surface area contributed by atoms with Gasteiger partial charge in [0.15, 0.2) is 0 Å². The third-order valence-electron chi connectivity index (χ3n) is 4.90.